The molecule has 15 heavy (non-hydrogen) atoms. The molecule has 2 rings (SSSR count). The first-order valence-electron chi connectivity index (χ1n) is 4.54. The zero-order valence-electron chi connectivity index (χ0n) is 8.44. The second-order valence-corrected chi connectivity index (χ2v) is 5.68. The number of anilines is 1. The Morgan fingerprint density at radius 2 is 2.27 bits per heavy atom. The zero-order chi connectivity index (χ0) is 11.0. The molecule has 2 aromatic heterocycles. The van der Waals surface area contributed by atoms with Gasteiger partial charge in [-0.25, -0.2) is 9.97 Å². The number of nitrogens with zero attached hydrogens (tertiary/aromatic N) is 3. The largest absolute Gasteiger partial charge is 0.382 e. The average Bonchev–Trinajstić information content (AvgIpc) is 2.44. The van der Waals surface area contributed by atoms with Crippen LogP contribution in [0.3, 0.4) is 0 Å². The van der Waals surface area contributed by atoms with Crippen LogP contribution in [-0.4, -0.2) is 19.6 Å². The normalized spacial score (nSPS) is 11.5. The Morgan fingerprint density at radius 1 is 1.53 bits per heavy atom. The number of hydrogen-bond acceptors (Lipinski definition) is 4. The maximum Gasteiger partial charge on any atom is 0.174 e. The molecular formula is C9H11BrN4S. The average molecular weight is 287 g/mol. The Kier molecular flexibility index (Phi) is 2.88. The molecule has 0 aliphatic rings. The van der Waals surface area contributed by atoms with Crippen LogP contribution in [0.4, 0.5) is 5.82 Å². The first kappa shape index (κ1) is 10.8. The molecule has 0 saturated carbocycles. The van der Waals surface area contributed by atoms with Gasteiger partial charge in [0.25, 0.3) is 0 Å². The van der Waals surface area contributed by atoms with Gasteiger partial charge in [0.1, 0.15) is 10.1 Å². The van der Waals surface area contributed by atoms with Crippen molar-refractivity contribution in [3.05, 3.63) is 17.0 Å². The predicted molar refractivity (Wildman–Crippen MR) is 66.1 cm³/mol. The Labute approximate surface area is 100 Å². The lowest BCUT2D eigenvalue weighted by Crippen LogP contribution is -1.96. The van der Waals surface area contributed by atoms with E-state index in [0.29, 0.717) is 11.1 Å². The smallest absolute Gasteiger partial charge is 0.174 e. The van der Waals surface area contributed by atoms with Crippen LogP contribution >= 0.6 is 27.7 Å². The molecule has 2 aromatic rings. The molecule has 0 aromatic carbocycles. The molecule has 0 aliphatic carbocycles. The van der Waals surface area contributed by atoms with E-state index in [-0.39, 0.29) is 0 Å². The highest BCUT2D eigenvalue weighted by Gasteiger charge is 2.13. The van der Waals surface area contributed by atoms with Gasteiger partial charge in [-0.15, -0.1) is 0 Å². The minimum absolute atomic E-state index is 0.483. The SMILES string of the molecule is CC(C)Sc1nc(Br)c2c(N)nccn12. The molecule has 6 heteroatoms. The van der Waals surface area contributed by atoms with Gasteiger partial charge in [0, 0.05) is 17.6 Å². The molecule has 80 valence electrons. The zero-order valence-corrected chi connectivity index (χ0v) is 10.8. The van der Waals surface area contributed by atoms with Crippen molar-refractivity contribution in [1.29, 1.82) is 0 Å². The van der Waals surface area contributed by atoms with Crippen molar-refractivity contribution in [1.82, 2.24) is 14.4 Å². The number of aromatic nitrogens is 3. The van der Waals surface area contributed by atoms with Crippen molar-refractivity contribution in [2.45, 2.75) is 24.3 Å². The maximum atomic E-state index is 5.79. The van der Waals surface area contributed by atoms with Gasteiger partial charge < -0.3 is 5.73 Å². The molecule has 2 heterocycles. The summed E-state index contributed by atoms with van der Waals surface area (Å²) in [5.41, 5.74) is 6.62. The van der Waals surface area contributed by atoms with Gasteiger partial charge in [-0.2, -0.15) is 0 Å². The summed E-state index contributed by atoms with van der Waals surface area (Å²) < 4.78 is 2.70. The van der Waals surface area contributed by atoms with E-state index in [1.54, 1.807) is 18.0 Å². The van der Waals surface area contributed by atoms with Gasteiger partial charge in [0.2, 0.25) is 0 Å². The quantitative estimate of drug-likeness (QED) is 0.862. The van der Waals surface area contributed by atoms with Crippen LogP contribution in [0.25, 0.3) is 5.52 Å². The van der Waals surface area contributed by atoms with E-state index in [1.807, 2.05) is 10.6 Å². The van der Waals surface area contributed by atoms with E-state index in [2.05, 4.69) is 39.7 Å². The van der Waals surface area contributed by atoms with Crippen LogP contribution in [0.2, 0.25) is 0 Å². The van der Waals surface area contributed by atoms with E-state index in [0.717, 1.165) is 15.3 Å². The fourth-order valence-corrected chi connectivity index (χ4v) is 2.80. The van der Waals surface area contributed by atoms with Gasteiger partial charge in [-0.3, -0.25) is 4.40 Å². The van der Waals surface area contributed by atoms with Crippen molar-refractivity contribution >= 4 is 39.0 Å². The van der Waals surface area contributed by atoms with Crippen LogP contribution < -0.4 is 5.73 Å². The fourth-order valence-electron chi connectivity index (χ4n) is 1.29. The van der Waals surface area contributed by atoms with Crippen LogP contribution in [0.15, 0.2) is 22.2 Å². The third kappa shape index (κ3) is 1.96. The summed E-state index contributed by atoms with van der Waals surface area (Å²) >= 11 is 5.09. The lowest BCUT2D eigenvalue weighted by Gasteiger charge is -2.03. The number of halogens is 1. The van der Waals surface area contributed by atoms with E-state index >= 15 is 0 Å². The number of imidazole rings is 1. The fraction of sp³-hybridized carbons (Fsp3) is 0.333. The topological polar surface area (TPSA) is 56.2 Å². The van der Waals surface area contributed by atoms with Crippen molar-refractivity contribution in [3.8, 4) is 0 Å². The van der Waals surface area contributed by atoms with Crippen LogP contribution in [-0.2, 0) is 0 Å². The molecule has 0 spiro atoms. The molecule has 0 atom stereocenters. The molecule has 2 N–H and O–H groups in total. The van der Waals surface area contributed by atoms with Crippen LogP contribution in [0.1, 0.15) is 13.8 Å². The van der Waals surface area contributed by atoms with Gasteiger partial charge in [-0.05, 0) is 15.9 Å². The van der Waals surface area contributed by atoms with Crippen LogP contribution in [0.5, 0.6) is 0 Å². The minimum Gasteiger partial charge on any atom is -0.382 e. The number of fused-ring (bicyclic) bond motifs is 1. The van der Waals surface area contributed by atoms with E-state index in [9.17, 15) is 0 Å². The van der Waals surface area contributed by atoms with Crippen molar-refractivity contribution in [2.24, 2.45) is 0 Å². The third-order valence-corrected chi connectivity index (χ3v) is 3.37. The summed E-state index contributed by atoms with van der Waals surface area (Å²) in [6, 6.07) is 0. The Morgan fingerprint density at radius 3 is 2.93 bits per heavy atom. The predicted octanol–water partition coefficient (Wildman–Crippen LogP) is 2.57. The number of nitrogen functional groups attached to an aromatic ring is 1. The molecule has 4 nitrogen and oxygen atoms in total. The summed E-state index contributed by atoms with van der Waals surface area (Å²) in [6.07, 6.45) is 3.55. The van der Waals surface area contributed by atoms with Crippen LogP contribution in [0, 0.1) is 0 Å². The third-order valence-electron chi connectivity index (χ3n) is 1.85. The van der Waals surface area contributed by atoms with Gasteiger partial charge >= 0.3 is 0 Å². The molecule has 0 amide bonds. The molecule has 0 unspecified atom stereocenters. The summed E-state index contributed by atoms with van der Waals surface area (Å²) in [5, 5.41) is 1.41. The minimum atomic E-state index is 0.483. The van der Waals surface area contributed by atoms with Crippen molar-refractivity contribution < 1.29 is 0 Å². The highest BCUT2D eigenvalue weighted by molar-refractivity contribution is 9.10. The lowest BCUT2D eigenvalue weighted by molar-refractivity contribution is 0.935. The second kappa shape index (κ2) is 4.02. The number of nitrogens with two attached hydrogens (primary N) is 1. The maximum absolute atomic E-state index is 5.79. The van der Waals surface area contributed by atoms with E-state index in [4.69, 9.17) is 5.73 Å². The summed E-state index contributed by atoms with van der Waals surface area (Å²) in [4.78, 5) is 8.45. The Hall–Kier alpha value is -0.750. The number of hydrogen-bond donors (Lipinski definition) is 1. The molecule has 0 aliphatic heterocycles. The summed E-state index contributed by atoms with van der Waals surface area (Å²) in [5.74, 6) is 0.493. The summed E-state index contributed by atoms with van der Waals surface area (Å²) in [7, 11) is 0. The lowest BCUT2D eigenvalue weighted by atomic mass is 10.5. The Bertz CT molecular complexity index is 494. The van der Waals surface area contributed by atoms with Gasteiger partial charge in [0.15, 0.2) is 11.0 Å². The highest BCUT2D eigenvalue weighted by atomic mass is 79.9. The standard InChI is InChI=1S/C9H11BrN4S/c1-5(2)15-9-13-7(10)6-8(11)12-3-4-14(6)9/h3-5H,1-2H3,(H2,11,12). The Balaban J connectivity index is 2.63. The van der Waals surface area contributed by atoms with E-state index < -0.39 is 0 Å². The van der Waals surface area contributed by atoms with Crippen molar-refractivity contribution in [2.75, 3.05) is 5.73 Å². The number of rotatable bonds is 2. The molecule has 0 saturated heterocycles. The first-order chi connectivity index (χ1) is 7.09. The van der Waals surface area contributed by atoms with Gasteiger partial charge in [0.05, 0.1) is 0 Å². The number of thioether (sulfide) groups is 1. The summed E-state index contributed by atoms with van der Waals surface area (Å²) in [6.45, 7) is 4.26. The molecule has 0 fully saturated rings. The highest BCUT2D eigenvalue weighted by Crippen LogP contribution is 2.29. The van der Waals surface area contributed by atoms with Gasteiger partial charge in [-0.1, -0.05) is 25.6 Å². The molecular weight excluding hydrogens is 276 g/mol. The molecule has 0 radical (unpaired) electrons. The van der Waals surface area contributed by atoms with Crippen molar-refractivity contribution in [3.63, 3.8) is 0 Å². The first-order valence-corrected chi connectivity index (χ1v) is 6.21. The molecule has 0 bridgehead atoms. The second-order valence-electron chi connectivity index (χ2n) is 3.38. The van der Waals surface area contributed by atoms with E-state index in [1.165, 1.54) is 0 Å². The monoisotopic (exact) mass is 286 g/mol.